The Kier molecular flexibility index (Phi) is 5.76. The van der Waals surface area contributed by atoms with Crippen LogP contribution in [-0.2, 0) is 11.2 Å². The minimum atomic E-state index is 0.0513. The minimum Gasteiger partial charge on any atom is -0.376 e. The lowest BCUT2D eigenvalue weighted by molar-refractivity contribution is -0.116. The Morgan fingerprint density at radius 2 is 2.00 bits per heavy atom. The van der Waals surface area contributed by atoms with E-state index in [2.05, 4.69) is 17.6 Å². The maximum Gasteiger partial charge on any atom is 0.224 e. The highest BCUT2D eigenvalue weighted by atomic mass is 32.1. The molecule has 0 aromatic heterocycles. The Labute approximate surface area is 119 Å². The van der Waals surface area contributed by atoms with Gasteiger partial charge in [-0.3, -0.25) is 4.79 Å². The van der Waals surface area contributed by atoms with E-state index in [-0.39, 0.29) is 11.0 Å². The van der Waals surface area contributed by atoms with Crippen LogP contribution in [0.4, 0.5) is 11.4 Å². The molecule has 4 nitrogen and oxygen atoms in total. The molecule has 4 N–H and O–H groups in total. The number of carbonyl (C=O) groups excluding carboxylic acids is 1. The third kappa shape index (κ3) is 4.52. The molecule has 0 aliphatic heterocycles. The summed E-state index contributed by atoms with van der Waals surface area (Å²) in [5.41, 5.74) is 9.30. The number of hydrogen-bond acceptors (Lipinski definition) is 2. The predicted molar refractivity (Wildman–Crippen MR) is 84.5 cm³/mol. The van der Waals surface area contributed by atoms with Crippen molar-refractivity contribution in [1.29, 1.82) is 0 Å². The molecule has 1 rings (SSSR count). The average Bonchev–Trinajstić information content (AvgIpc) is 2.31. The summed E-state index contributed by atoms with van der Waals surface area (Å²) in [5.74, 6) is 0.0513. The van der Waals surface area contributed by atoms with Crippen molar-refractivity contribution in [3.05, 3.63) is 23.3 Å². The molecule has 0 saturated heterocycles. The normalized spacial score (nSPS) is 10.1. The molecule has 19 heavy (non-hydrogen) atoms. The number of aryl methyl sites for hydroxylation is 2. The number of nitrogens with one attached hydrogen (secondary N) is 2. The molecule has 0 bridgehead atoms. The molecule has 0 spiro atoms. The van der Waals surface area contributed by atoms with Gasteiger partial charge >= 0.3 is 0 Å². The Morgan fingerprint density at radius 3 is 2.53 bits per heavy atom. The summed E-state index contributed by atoms with van der Waals surface area (Å²) in [4.78, 5) is 11.7. The summed E-state index contributed by atoms with van der Waals surface area (Å²) in [6.07, 6.45) is 2.21. The fourth-order valence-electron chi connectivity index (χ4n) is 1.96. The van der Waals surface area contributed by atoms with E-state index in [1.54, 1.807) is 0 Å². The van der Waals surface area contributed by atoms with Crippen molar-refractivity contribution >= 4 is 34.6 Å². The van der Waals surface area contributed by atoms with Crippen LogP contribution >= 0.6 is 12.2 Å². The van der Waals surface area contributed by atoms with Gasteiger partial charge in [-0.1, -0.05) is 13.8 Å². The van der Waals surface area contributed by atoms with Crippen molar-refractivity contribution in [1.82, 2.24) is 0 Å². The lowest BCUT2D eigenvalue weighted by Gasteiger charge is -2.15. The van der Waals surface area contributed by atoms with Gasteiger partial charge in [0.1, 0.15) is 0 Å². The van der Waals surface area contributed by atoms with Crippen LogP contribution in [0, 0.1) is 6.92 Å². The van der Waals surface area contributed by atoms with E-state index >= 15 is 0 Å². The number of hydrogen-bond donors (Lipinski definition) is 3. The molecular weight excluding hydrogens is 258 g/mol. The third-order valence-corrected chi connectivity index (χ3v) is 2.91. The smallest absolute Gasteiger partial charge is 0.224 e. The van der Waals surface area contributed by atoms with Crippen LogP contribution in [-0.4, -0.2) is 11.0 Å². The van der Waals surface area contributed by atoms with Gasteiger partial charge in [-0.2, -0.15) is 0 Å². The van der Waals surface area contributed by atoms with Crippen LogP contribution in [0.2, 0.25) is 0 Å². The minimum absolute atomic E-state index is 0.0513. The summed E-state index contributed by atoms with van der Waals surface area (Å²) in [7, 11) is 0. The van der Waals surface area contributed by atoms with Crippen molar-refractivity contribution in [2.24, 2.45) is 5.73 Å². The fourth-order valence-corrected chi connectivity index (χ4v) is 2.08. The summed E-state index contributed by atoms with van der Waals surface area (Å²) in [5, 5.41) is 6.14. The number of benzene rings is 1. The first kappa shape index (κ1) is 15.4. The molecule has 0 saturated carbocycles. The zero-order chi connectivity index (χ0) is 14.4. The van der Waals surface area contributed by atoms with E-state index in [4.69, 9.17) is 18.0 Å². The van der Waals surface area contributed by atoms with E-state index in [1.807, 2.05) is 26.0 Å². The van der Waals surface area contributed by atoms with E-state index in [1.165, 1.54) is 0 Å². The Hall–Kier alpha value is -1.62. The van der Waals surface area contributed by atoms with Crippen molar-refractivity contribution in [2.45, 2.75) is 40.0 Å². The first-order chi connectivity index (χ1) is 8.97. The van der Waals surface area contributed by atoms with Crippen molar-refractivity contribution in [3.8, 4) is 0 Å². The van der Waals surface area contributed by atoms with Gasteiger partial charge in [0.15, 0.2) is 5.11 Å². The van der Waals surface area contributed by atoms with Gasteiger partial charge in [-0.25, -0.2) is 0 Å². The maximum absolute atomic E-state index is 11.7. The monoisotopic (exact) mass is 279 g/mol. The quantitative estimate of drug-likeness (QED) is 0.725. The van der Waals surface area contributed by atoms with Crippen LogP contribution in [0.15, 0.2) is 12.1 Å². The molecule has 1 aromatic rings. The van der Waals surface area contributed by atoms with Crippen LogP contribution in [0.5, 0.6) is 0 Å². The van der Waals surface area contributed by atoms with Gasteiger partial charge in [0.2, 0.25) is 5.91 Å². The molecule has 0 aliphatic carbocycles. The average molecular weight is 279 g/mol. The highest BCUT2D eigenvalue weighted by Gasteiger charge is 2.10. The summed E-state index contributed by atoms with van der Waals surface area (Å²) in [6, 6.07) is 3.90. The number of nitrogens with two attached hydrogens (primary N) is 1. The molecule has 104 valence electrons. The standard InChI is InChI=1S/C14H21N3OS/c1-4-6-12(18)17-13-9(3)7-11(16-14(15)19)8-10(13)5-2/h7-8H,4-6H2,1-3H3,(H,17,18)(H3,15,16,19). The van der Waals surface area contributed by atoms with Crippen molar-refractivity contribution in [3.63, 3.8) is 0 Å². The van der Waals surface area contributed by atoms with E-state index in [0.29, 0.717) is 6.42 Å². The molecule has 0 radical (unpaired) electrons. The fraction of sp³-hybridized carbons (Fsp3) is 0.429. The second kappa shape index (κ2) is 7.09. The largest absolute Gasteiger partial charge is 0.376 e. The van der Waals surface area contributed by atoms with Gasteiger partial charge < -0.3 is 16.4 Å². The van der Waals surface area contributed by atoms with Gasteiger partial charge in [-0.15, -0.1) is 0 Å². The second-order valence-corrected chi connectivity index (χ2v) is 4.91. The number of thiocarbonyl (C=S) groups is 1. The summed E-state index contributed by atoms with van der Waals surface area (Å²) in [6.45, 7) is 6.00. The Balaban J connectivity index is 3.04. The highest BCUT2D eigenvalue weighted by Crippen LogP contribution is 2.26. The zero-order valence-electron chi connectivity index (χ0n) is 11.7. The van der Waals surface area contributed by atoms with Crippen LogP contribution < -0.4 is 16.4 Å². The molecular formula is C14H21N3OS. The third-order valence-electron chi connectivity index (χ3n) is 2.81. The topological polar surface area (TPSA) is 67.2 Å². The molecule has 0 atom stereocenters. The Bertz CT molecular complexity index is 486. The van der Waals surface area contributed by atoms with Crippen molar-refractivity contribution < 1.29 is 4.79 Å². The van der Waals surface area contributed by atoms with Crippen LogP contribution in [0.25, 0.3) is 0 Å². The van der Waals surface area contributed by atoms with Crippen molar-refractivity contribution in [2.75, 3.05) is 10.6 Å². The van der Waals surface area contributed by atoms with Gasteiger partial charge in [0, 0.05) is 17.8 Å². The van der Waals surface area contributed by atoms with Gasteiger partial charge in [-0.05, 0) is 55.2 Å². The SMILES string of the molecule is CCCC(=O)Nc1c(C)cc(NC(N)=S)cc1CC. The van der Waals surface area contributed by atoms with E-state index < -0.39 is 0 Å². The molecule has 1 amide bonds. The first-order valence-corrected chi connectivity index (χ1v) is 6.88. The molecule has 1 aromatic carbocycles. The van der Waals surface area contributed by atoms with Crippen LogP contribution in [0.3, 0.4) is 0 Å². The molecule has 0 fully saturated rings. The lowest BCUT2D eigenvalue weighted by atomic mass is 10.0. The maximum atomic E-state index is 11.7. The van der Waals surface area contributed by atoms with Gasteiger partial charge in [0.05, 0.1) is 0 Å². The first-order valence-electron chi connectivity index (χ1n) is 6.47. The highest BCUT2D eigenvalue weighted by molar-refractivity contribution is 7.80. The molecule has 0 heterocycles. The van der Waals surface area contributed by atoms with E-state index in [9.17, 15) is 4.79 Å². The summed E-state index contributed by atoms with van der Waals surface area (Å²) < 4.78 is 0. The van der Waals surface area contributed by atoms with E-state index in [0.717, 1.165) is 35.3 Å². The number of rotatable bonds is 5. The zero-order valence-corrected chi connectivity index (χ0v) is 12.5. The predicted octanol–water partition coefficient (Wildman–Crippen LogP) is 2.95. The number of amides is 1. The number of anilines is 2. The van der Waals surface area contributed by atoms with Crippen LogP contribution in [0.1, 0.15) is 37.8 Å². The molecule has 0 unspecified atom stereocenters. The Morgan fingerprint density at radius 1 is 1.32 bits per heavy atom. The molecule has 5 heteroatoms. The molecule has 0 aliphatic rings. The van der Waals surface area contributed by atoms with Gasteiger partial charge in [0.25, 0.3) is 0 Å². The summed E-state index contributed by atoms with van der Waals surface area (Å²) >= 11 is 4.83. The second-order valence-electron chi connectivity index (χ2n) is 4.47. The number of carbonyl (C=O) groups is 1. The lowest BCUT2D eigenvalue weighted by Crippen LogP contribution is -2.19.